The van der Waals surface area contributed by atoms with E-state index in [1.165, 1.54) is 51.4 Å². The Balaban J connectivity index is 2.03. The first kappa shape index (κ1) is 10.0. The molecule has 0 unspecified atom stereocenters. The number of allylic oxidation sites excluding steroid dienone is 4. The largest absolute Gasteiger partial charge is 0.0773 e. The highest BCUT2D eigenvalue weighted by molar-refractivity contribution is 5.35. The van der Waals surface area contributed by atoms with E-state index >= 15 is 0 Å². The first-order chi connectivity index (χ1) is 6.97. The molecule has 0 amide bonds. The summed E-state index contributed by atoms with van der Waals surface area (Å²) in [5.41, 5.74) is 3.22. The fourth-order valence-electron chi connectivity index (χ4n) is 2.31. The molecule has 0 N–H and O–H groups in total. The van der Waals surface area contributed by atoms with E-state index in [1.807, 2.05) is 0 Å². The van der Waals surface area contributed by atoms with Crippen molar-refractivity contribution in [3.05, 3.63) is 36.1 Å². The van der Waals surface area contributed by atoms with E-state index in [2.05, 4.69) is 25.0 Å². The molecule has 0 spiro atoms. The van der Waals surface area contributed by atoms with Crippen LogP contribution in [0.3, 0.4) is 0 Å². The summed E-state index contributed by atoms with van der Waals surface area (Å²) in [6, 6.07) is 0. The lowest BCUT2D eigenvalue weighted by Gasteiger charge is -2.08. The Morgan fingerprint density at radius 1 is 0.643 bits per heavy atom. The van der Waals surface area contributed by atoms with Crippen LogP contribution in [0.2, 0.25) is 0 Å². The van der Waals surface area contributed by atoms with Crippen LogP contribution in [-0.2, 0) is 0 Å². The molecule has 0 aromatic rings. The Labute approximate surface area is 88.1 Å². The van der Waals surface area contributed by atoms with E-state index in [4.69, 9.17) is 0 Å². The molecule has 0 nitrogen and oxygen atoms in total. The molecular weight excluding hydrogens is 168 g/mol. The minimum absolute atomic E-state index is 1.28. The summed E-state index contributed by atoms with van der Waals surface area (Å²) in [6.07, 6.45) is 20.1. The summed E-state index contributed by atoms with van der Waals surface area (Å²) >= 11 is 0. The van der Waals surface area contributed by atoms with Gasteiger partial charge in [-0.2, -0.15) is 0 Å². The Bertz CT molecular complexity index is 206. The third kappa shape index (κ3) is 2.73. The van der Waals surface area contributed by atoms with Crippen molar-refractivity contribution in [2.24, 2.45) is 0 Å². The molecule has 2 aliphatic rings. The standard InChI is InChI=1S/C14H20/c1-2-6-10-13(9-5-1)14-11-7-3-4-8-12-14/h5,7,9,11H,1-4,6,8,10,12H2. The number of hydrogen-bond donors (Lipinski definition) is 0. The van der Waals surface area contributed by atoms with Gasteiger partial charge in [-0.1, -0.05) is 25.0 Å². The second kappa shape index (κ2) is 5.38. The summed E-state index contributed by atoms with van der Waals surface area (Å²) in [7, 11) is 0. The lowest BCUT2D eigenvalue weighted by molar-refractivity contribution is 0.728. The maximum Gasteiger partial charge on any atom is -0.0164 e. The van der Waals surface area contributed by atoms with Crippen LogP contribution in [0.25, 0.3) is 0 Å². The minimum Gasteiger partial charge on any atom is -0.0773 e. The summed E-state index contributed by atoms with van der Waals surface area (Å²) < 4.78 is 0. The van der Waals surface area contributed by atoms with Crippen LogP contribution in [0.15, 0.2) is 23.3 Å². The zero-order valence-corrected chi connectivity index (χ0v) is 8.97. The highest BCUT2D eigenvalue weighted by Crippen LogP contribution is 2.28. The lowest BCUT2D eigenvalue weighted by atomic mass is 9.97. The van der Waals surface area contributed by atoms with Crippen LogP contribution >= 0.6 is 0 Å². The van der Waals surface area contributed by atoms with Crippen LogP contribution < -0.4 is 0 Å². The number of hydrogen-bond acceptors (Lipinski definition) is 0. The molecule has 14 heavy (non-hydrogen) atoms. The van der Waals surface area contributed by atoms with Gasteiger partial charge in [0.25, 0.3) is 0 Å². The van der Waals surface area contributed by atoms with Crippen LogP contribution in [0.4, 0.5) is 0 Å². The fourth-order valence-corrected chi connectivity index (χ4v) is 2.31. The van der Waals surface area contributed by atoms with Crippen molar-refractivity contribution < 1.29 is 0 Å². The molecule has 0 fully saturated rings. The van der Waals surface area contributed by atoms with Gasteiger partial charge in [0.2, 0.25) is 0 Å². The highest BCUT2D eigenvalue weighted by atomic mass is 14.1. The summed E-state index contributed by atoms with van der Waals surface area (Å²) in [4.78, 5) is 0. The van der Waals surface area contributed by atoms with Crippen LogP contribution in [0, 0.1) is 12.8 Å². The molecule has 0 saturated heterocycles. The van der Waals surface area contributed by atoms with Crippen LogP contribution in [0.5, 0.6) is 0 Å². The van der Waals surface area contributed by atoms with E-state index in [-0.39, 0.29) is 0 Å². The molecule has 0 heteroatoms. The van der Waals surface area contributed by atoms with Crippen molar-refractivity contribution in [1.82, 2.24) is 0 Å². The normalized spacial score (nSPS) is 24.6. The molecule has 0 atom stereocenters. The van der Waals surface area contributed by atoms with Gasteiger partial charge >= 0.3 is 0 Å². The van der Waals surface area contributed by atoms with Gasteiger partial charge in [-0.3, -0.25) is 0 Å². The van der Waals surface area contributed by atoms with Crippen molar-refractivity contribution in [3.8, 4) is 0 Å². The third-order valence-electron chi connectivity index (χ3n) is 3.18. The number of rotatable bonds is 1. The van der Waals surface area contributed by atoms with E-state index in [1.54, 1.807) is 11.1 Å². The summed E-state index contributed by atoms with van der Waals surface area (Å²) in [6.45, 7) is 0. The van der Waals surface area contributed by atoms with E-state index in [0.29, 0.717) is 0 Å². The molecule has 2 aliphatic carbocycles. The van der Waals surface area contributed by atoms with Gasteiger partial charge in [0.05, 0.1) is 0 Å². The van der Waals surface area contributed by atoms with E-state index in [0.717, 1.165) is 0 Å². The molecule has 0 aromatic carbocycles. The molecule has 0 aliphatic heterocycles. The van der Waals surface area contributed by atoms with Crippen LogP contribution in [0.1, 0.15) is 51.4 Å². The zero-order chi connectivity index (χ0) is 9.64. The molecule has 0 aromatic heterocycles. The Morgan fingerprint density at radius 2 is 1.14 bits per heavy atom. The average Bonchev–Trinajstić information content (AvgIpc) is 2.62. The summed E-state index contributed by atoms with van der Waals surface area (Å²) in [5, 5.41) is 0. The maximum atomic E-state index is 2.37. The predicted octanol–water partition coefficient (Wildman–Crippen LogP) is 4.40. The fraction of sp³-hybridized carbons (Fsp3) is 0.571. The average molecular weight is 188 g/mol. The van der Waals surface area contributed by atoms with Crippen molar-refractivity contribution in [1.29, 1.82) is 0 Å². The molecule has 0 saturated carbocycles. The monoisotopic (exact) mass is 188 g/mol. The molecule has 0 bridgehead atoms. The van der Waals surface area contributed by atoms with Crippen molar-refractivity contribution in [2.45, 2.75) is 51.4 Å². The van der Waals surface area contributed by atoms with Crippen LogP contribution in [-0.4, -0.2) is 0 Å². The SMILES string of the molecule is [CH]1C=C(C2=C[CH]CCCC2)CCCC1. The van der Waals surface area contributed by atoms with Gasteiger partial charge in [-0.05, 0) is 62.5 Å². The maximum absolute atomic E-state index is 2.37. The minimum atomic E-state index is 1.28. The molecule has 76 valence electrons. The van der Waals surface area contributed by atoms with Crippen molar-refractivity contribution in [2.75, 3.05) is 0 Å². The lowest BCUT2D eigenvalue weighted by Crippen LogP contribution is -1.89. The molecule has 0 heterocycles. The van der Waals surface area contributed by atoms with Gasteiger partial charge < -0.3 is 0 Å². The molecule has 2 rings (SSSR count). The Morgan fingerprint density at radius 3 is 1.64 bits per heavy atom. The van der Waals surface area contributed by atoms with Gasteiger partial charge in [-0.15, -0.1) is 0 Å². The van der Waals surface area contributed by atoms with Gasteiger partial charge in [0.15, 0.2) is 0 Å². The van der Waals surface area contributed by atoms with E-state index in [9.17, 15) is 0 Å². The first-order valence-corrected chi connectivity index (χ1v) is 6.02. The van der Waals surface area contributed by atoms with E-state index < -0.39 is 0 Å². The zero-order valence-electron chi connectivity index (χ0n) is 8.97. The van der Waals surface area contributed by atoms with Crippen molar-refractivity contribution in [3.63, 3.8) is 0 Å². The topological polar surface area (TPSA) is 0 Å². The van der Waals surface area contributed by atoms with Gasteiger partial charge in [0, 0.05) is 0 Å². The first-order valence-electron chi connectivity index (χ1n) is 6.02. The third-order valence-corrected chi connectivity index (χ3v) is 3.18. The quantitative estimate of drug-likeness (QED) is 0.572. The Kier molecular flexibility index (Phi) is 3.85. The highest BCUT2D eigenvalue weighted by Gasteiger charge is 2.09. The van der Waals surface area contributed by atoms with Gasteiger partial charge in [-0.25, -0.2) is 0 Å². The smallest absolute Gasteiger partial charge is 0.0164 e. The Hall–Kier alpha value is -0.520. The van der Waals surface area contributed by atoms with Crippen molar-refractivity contribution >= 4 is 0 Å². The summed E-state index contributed by atoms with van der Waals surface area (Å²) in [5.74, 6) is 0. The second-order valence-electron chi connectivity index (χ2n) is 4.35. The molecule has 2 radical (unpaired) electrons. The van der Waals surface area contributed by atoms with Gasteiger partial charge in [0.1, 0.15) is 0 Å². The molecular formula is C14H20. The second-order valence-corrected chi connectivity index (χ2v) is 4.35. The predicted molar refractivity (Wildman–Crippen MR) is 61.7 cm³/mol.